The number of aliphatic carboxylic acids is 1. The summed E-state index contributed by atoms with van der Waals surface area (Å²) in [6.07, 6.45) is 79.4. The number of allylic oxidation sites excluding steroid dienone is 14. The van der Waals surface area contributed by atoms with Crippen molar-refractivity contribution in [3.8, 4) is 0 Å². The van der Waals surface area contributed by atoms with E-state index in [1.165, 1.54) is 180 Å². The van der Waals surface area contributed by atoms with Crippen LogP contribution >= 0.6 is 0 Å². The molecule has 0 radical (unpaired) electrons. The molecule has 0 aliphatic carbocycles. The van der Waals surface area contributed by atoms with Gasteiger partial charge in [0.05, 0.1) is 40.3 Å². The van der Waals surface area contributed by atoms with Gasteiger partial charge in [-0.15, -0.1) is 0 Å². The van der Waals surface area contributed by atoms with Gasteiger partial charge in [0.15, 0.2) is 12.4 Å². The van der Waals surface area contributed by atoms with Crippen molar-refractivity contribution in [1.29, 1.82) is 0 Å². The molecule has 0 N–H and O–H groups in total. The van der Waals surface area contributed by atoms with Gasteiger partial charge in [-0.3, -0.25) is 9.59 Å². The lowest BCUT2D eigenvalue weighted by molar-refractivity contribution is -0.870. The van der Waals surface area contributed by atoms with Gasteiger partial charge < -0.3 is 33.3 Å². The quantitative estimate of drug-likeness (QED) is 0.0195. The van der Waals surface area contributed by atoms with Gasteiger partial charge in [0.25, 0.3) is 0 Å². The van der Waals surface area contributed by atoms with Crippen LogP contribution < -0.4 is 5.11 Å². The fourth-order valence-corrected chi connectivity index (χ4v) is 9.34. The molecule has 9 nitrogen and oxygen atoms in total. The lowest BCUT2D eigenvalue weighted by atomic mass is 10.0. The Labute approximate surface area is 493 Å². The Morgan fingerprint density at radius 3 is 1.06 bits per heavy atom. The van der Waals surface area contributed by atoms with Crippen LogP contribution in [0.2, 0.25) is 0 Å². The molecule has 0 aromatic carbocycles. The Bertz CT molecular complexity index is 1590. The van der Waals surface area contributed by atoms with Gasteiger partial charge in [-0.05, 0) is 70.6 Å². The highest BCUT2D eigenvalue weighted by atomic mass is 16.7. The van der Waals surface area contributed by atoms with Crippen LogP contribution in [0.3, 0.4) is 0 Å². The fraction of sp³-hybridized carbons (Fsp3) is 0.761. The monoisotopic (exact) mass is 1120 g/mol. The summed E-state index contributed by atoms with van der Waals surface area (Å²) in [4.78, 5) is 37.4. The highest BCUT2D eigenvalue weighted by Gasteiger charge is 2.22. The number of nitrogens with zero attached hydrogens (tertiary/aromatic N) is 1. The van der Waals surface area contributed by atoms with Crippen LogP contribution in [0.25, 0.3) is 0 Å². The molecule has 0 saturated heterocycles. The van der Waals surface area contributed by atoms with Crippen molar-refractivity contribution in [1.82, 2.24) is 0 Å². The molecule has 0 spiro atoms. The molecule has 2 atom stereocenters. The molecular weight excluding hydrogens is 995 g/mol. The Hall–Kier alpha value is -3.53. The van der Waals surface area contributed by atoms with Gasteiger partial charge in [-0.2, -0.15) is 0 Å². The number of ether oxygens (including phenoxy) is 4. The van der Waals surface area contributed by atoms with E-state index in [4.69, 9.17) is 18.9 Å². The molecule has 9 heteroatoms. The van der Waals surface area contributed by atoms with Crippen molar-refractivity contribution in [2.45, 2.75) is 302 Å². The summed E-state index contributed by atoms with van der Waals surface area (Å²) in [5.74, 6) is -2.27. The topological polar surface area (TPSA) is 111 Å². The van der Waals surface area contributed by atoms with Crippen molar-refractivity contribution in [3.63, 3.8) is 0 Å². The molecule has 462 valence electrons. The van der Waals surface area contributed by atoms with Gasteiger partial charge in [0.1, 0.15) is 13.2 Å². The molecule has 0 aliphatic heterocycles. The first kappa shape index (κ1) is 76.5. The Kier molecular flexibility index (Phi) is 58.8. The maximum absolute atomic E-state index is 12.9. The third-order valence-electron chi connectivity index (χ3n) is 14.4. The van der Waals surface area contributed by atoms with E-state index in [1.807, 2.05) is 21.1 Å². The average molecular weight is 1120 g/mol. The maximum Gasteiger partial charge on any atom is 0.306 e. The number of quaternary nitrogens is 1. The van der Waals surface area contributed by atoms with E-state index in [1.54, 1.807) is 0 Å². The van der Waals surface area contributed by atoms with E-state index in [-0.39, 0.29) is 32.2 Å². The van der Waals surface area contributed by atoms with Gasteiger partial charge in [0.2, 0.25) is 0 Å². The summed E-state index contributed by atoms with van der Waals surface area (Å²) in [6, 6.07) is 0. The summed E-state index contributed by atoms with van der Waals surface area (Å²) in [5, 5.41) is 11.8. The first-order valence-corrected chi connectivity index (χ1v) is 33.2. The molecule has 0 saturated carbocycles. The van der Waals surface area contributed by atoms with E-state index in [9.17, 15) is 19.5 Å². The van der Waals surface area contributed by atoms with Crippen molar-refractivity contribution < 1.29 is 42.9 Å². The normalized spacial score (nSPS) is 13.3. The first-order chi connectivity index (χ1) is 39.1. The van der Waals surface area contributed by atoms with Crippen LogP contribution in [0.4, 0.5) is 0 Å². The predicted octanol–water partition coefficient (Wildman–Crippen LogP) is 19.0. The predicted molar refractivity (Wildman–Crippen MR) is 338 cm³/mol. The zero-order chi connectivity index (χ0) is 58.3. The number of carboxylic acids is 1. The molecule has 0 rings (SSSR count). The molecule has 0 aliphatic rings. The Morgan fingerprint density at radius 1 is 0.388 bits per heavy atom. The number of unbranched alkanes of at least 4 members (excludes halogenated alkanes) is 32. The van der Waals surface area contributed by atoms with Crippen LogP contribution in [0.5, 0.6) is 0 Å². The number of likely N-dealkylation sites (N-methyl/N-ethyl adjacent to an activating group) is 1. The van der Waals surface area contributed by atoms with E-state index in [0.717, 1.165) is 77.0 Å². The van der Waals surface area contributed by atoms with Crippen LogP contribution in [-0.2, 0) is 33.3 Å². The first-order valence-electron chi connectivity index (χ1n) is 33.2. The van der Waals surface area contributed by atoms with Crippen LogP contribution in [0.1, 0.15) is 290 Å². The highest BCUT2D eigenvalue weighted by Crippen LogP contribution is 2.17. The minimum Gasteiger partial charge on any atom is -0.545 e. The fourth-order valence-electron chi connectivity index (χ4n) is 9.34. The molecule has 0 fully saturated rings. The maximum atomic E-state index is 12.9. The SMILES string of the molecule is CC/C=C\C/C=C\C/C=C\C/C=C\C/C=C\C/C=C\C/C=C\CCCCCCCCCCCCCCCCCCCC(=O)OC(COC(=O)CCCCCCCCCCCCCCCCCC)COC(OCC[N+](C)(C)C)C(=O)[O-]. The summed E-state index contributed by atoms with van der Waals surface area (Å²) in [5.41, 5.74) is 0. The zero-order valence-corrected chi connectivity index (χ0v) is 52.7. The highest BCUT2D eigenvalue weighted by molar-refractivity contribution is 5.70. The van der Waals surface area contributed by atoms with E-state index in [0.29, 0.717) is 23.9 Å². The summed E-state index contributed by atoms with van der Waals surface area (Å²) in [6.45, 7) is 4.67. The lowest BCUT2D eigenvalue weighted by Gasteiger charge is -2.26. The Morgan fingerprint density at radius 2 is 0.713 bits per heavy atom. The van der Waals surface area contributed by atoms with Crippen molar-refractivity contribution >= 4 is 17.9 Å². The second kappa shape index (κ2) is 61.5. The third kappa shape index (κ3) is 62.1. The molecule has 0 bridgehead atoms. The van der Waals surface area contributed by atoms with Crippen molar-refractivity contribution in [3.05, 3.63) is 85.1 Å². The summed E-state index contributed by atoms with van der Waals surface area (Å²) < 4.78 is 22.8. The molecular formula is C71H125NO8. The largest absolute Gasteiger partial charge is 0.545 e. The second-order valence-electron chi connectivity index (χ2n) is 23.4. The van der Waals surface area contributed by atoms with Gasteiger partial charge in [-0.1, -0.05) is 292 Å². The molecule has 2 unspecified atom stereocenters. The van der Waals surface area contributed by atoms with Crippen molar-refractivity contribution in [2.24, 2.45) is 0 Å². The number of hydrogen-bond acceptors (Lipinski definition) is 8. The van der Waals surface area contributed by atoms with Crippen molar-refractivity contribution in [2.75, 3.05) is 47.5 Å². The summed E-state index contributed by atoms with van der Waals surface area (Å²) >= 11 is 0. The standard InChI is InChI=1S/C71H125NO8/c1-6-8-10-12-14-16-18-20-22-24-25-26-27-28-29-30-31-32-33-34-35-36-37-38-39-40-41-42-43-44-45-46-48-50-52-54-56-58-60-62-69(74)80-67(66-79-71(70(75)76)77-64-63-72(3,4)5)65-78-68(73)61-59-57-55-53-51-49-47-23-21-19-17-15-13-11-9-7-2/h8,10,14,16,20,22,25-26,28-29,31-32,34-35,67,71H,6-7,9,11-13,15,17-19,21,23-24,27,30,33,36-66H2,1-5H3/b10-8-,16-14-,22-20-,26-25-,29-28-,32-31-,35-34-. The van der Waals surface area contributed by atoms with Gasteiger partial charge in [-0.25, -0.2) is 0 Å². The lowest BCUT2D eigenvalue weighted by Crippen LogP contribution is -2.44. The third-order valence-corrected chi connectivity index (χ3v) is 14.4. The number of carbonyl (C=O) groups is 3. The number of rotatable bonds is 61. The van der Waals surface area contributed by atoms with Crippen LogP contribution in [-0.4, -0.2) is 82.3 Å². The van der Waals surface area contributed by atoms with E-state index in [2.05, 4.69) is 98.9 Å². The Balaban J connectivity index is 4.03. The minimum absolute atomic E-state index is 0.148. The number of hydrogen-bond donors (Lipinski definition) is 0. The van der Waals surface area contributed by atoms with Crippen LogP contribution in [0.15, 0.2) is 85.1 Å². The van der Waals surface area contributed by atoms with E-state index < -0.39 is 24.3 Å². The van der Waals surface area contributed by atoms with Gasteiger partial charge >= 0.3 is 11.9 Å². The number of esters is 2. The molecule has 0 aromatic rings. The zero-order valence-electron chi connectivity index (χ0n) is 52.7. The molecule has 0 amide bonds. The number of carboxylic acid groups (broad SMARTS) is 1. The van der Waals surface area contributed by atoms with Crippen LogP contribution in [0, 0.1) is 0 Å². The smallest absolute Gasteiger partial charge is 0.306 e. The van der Waals surface area contributed by atoms with Gasteiger partial charge in [0, 0.05) is 12.8 Å². The average Bonchev–Trinajstić information content (AvgIpc) is 3.43. The molecule has 0 aromatic heterocycles. The summed E-state index contributed by atoms with van der Waals surface area (Å²) in [7, 11) is 5.93. The molecule has 80 heavy (non-hydrogen) atoms. The molecule has 0 heterocycles. The minimum atomic E-state index is -1.62. The number of carbonyl (C=O) groups excluding carboxylic acids is 3. The second-order valence-corrected chi connectivity index (χ2v) is 23.4. The van der Waals surface area contributed by atoms with E-state index >= 15 is 0 Å².